The second-order valence-electron chi connectivity index (χ2n) is 6.16. The van der Waals surface area contributed by atoms with Crippen molar-refractivity contribution in [3.63, 3.8) is 0 Å². The first-order valence-corrected chi connectivity index (χ1v) is 7.52. The van der Waals surface area contributed by atoms with Crippen molar-refractivity contribution in [1.29, 1.82) is 0 Å². The molecule has 2 nitrogen and oxygen atoms in total. The quantitative estimate of drug-likeness (QED) is 0.814. The first kappa shape index (κ1) is 14.6. The molecule has 4 heteroatoms. The fourth-order valence-corrected chi connectivity index (χ4v) is 3.24. The minimum atomic E-state index is 0.401. The minimum Gasteiger partial charge on any atom is -0.389 e. The molecule has 3 N–H and O–H groups in total. The molecule has 2 rings (SSSR count). The van der Waals surface area contributed by atoms with E-state index in [4.69, 9.17) is 29.6 Å². The lowest BCUT2D eigenvalue weighted by Crippen LogP contribution is -2.32. The Hall–Kier alpha value is -0.800. The first-order valence-electron chi connectivity index (χ1n) is 6.73. The molecular weight excluding hydrogens is 276 g/mol. The molecular formula is C15H21ClN2S. The summed E-state index contributed by atoms with van der Waals surface area (Å²) in [6, 6.07) is 6.10. The van der Waals surface area contributed by atoms with Crippen LogP contribution in [0.4, 0.5) is 5.69 Å². The maximum absolute atomic E-state index is 6.07. The summed E-state index contributed by atoms with van der Waals surface area (Å²) in [6.07, 6.45) is 4.90. The number of nitrogens with one attached hydrogen (secondary N) is 1. The summed E-state index contributed by atoms with van der Waals surface area (Å²) < 4.78 is 0. The van der Waals surface area contributed by atoms with Gasteiger partial charge in [0, 0.05) is 22.3 Å². The zero-order valence-corrected chi connectivity index (χ0v) is 13.1. The molecule has 0 saturated heterocycles. The Morgan fingerprint density at radius 1 is 1.47 bits per heavy atom. The molecule has 1 unspecified atom stereocenters. The molecule has 0 amide bonds. The van der Waals surface area contributed by atoms with E-state index in [1.807, 2.05) is 18.2 Å². The summed E-state index contributed by atoms with van der Waals surface area (Å²) >= 11 is 11.2. The van der Waals surface area contributed by atoms with E-state index in [0.29, 0.717) is 21.5 Å². The van der Waals surface area contributed by atoms with Gasteiger partial charge in [0.15, 0.2) is 0 Å². The summed E-state index contributed by atoms with van der Waals surface area (Å²) in [5.41, 5.74) is 8.01. The third kappa shape index (κ3) is 3.83. The Morgan fingerprint density at radius 2 is 2.21 bits per heavy atom. The molecule has 1 aliphatic rings. The van der Waals surface area contributed by atoms with Crippen LogP contribution in [0.5, 0.6) is 0 Å². The third-order valence-electron chi connectivity index (χ3n) is 3.81. The van der Waals surface area contributed by atoms with Gasteiger partial charge in [0.25, 0.3) is 0 Å². The lowest BCUT2D eigenvalue weighted by atomic mass is 9.75. The van der Waals surface area contributed by atoms with E-state index in [-0.39, 0.29) is 0 Å². The Balaban J connectivity index is 2.18. The van der Waals surface area contributed by atoms with Crippen LogP contribution in [0.2, 0.25) is 5.02 Å². The Kier molecular flexibility index (Phi) is 4.36. The number of nitrogens with two attached hydrogens (primary N) is 1. The van der Waals surface area contributed by atoms with Crippen molar-refractivity contribution < 1.29 is 0 Å². The molecule has 0 aromatic heterocycles. The Labute approximate surface area is 125 Å². The van der Waals surface area contributed by atoms with E-state index in [9.17, 15) is 0 Å². The molecule has 1 aliphatic carbocycles. The van der Waals surface area contributed by atoms with Crippen LogP contribution in [0.1, 0.15) is 45.1 Å². The van der Waals surface area contributed by atoms with Gasteiger partial charge in [-0.2, -0.15) is 0 Å². The fraction of sp³-hybridized carbons (Fsp3) is 0.533. The number of thiocarbonyl (C=S) groups is 1. The average molecular weight is 297 g/mol. The average Bonchev–Trinajstić information content (AvgIpc) is 2.27. The molecule has 0 spiro atoms. The largest absolute Gasteiger partial charge is 0.389 e. The molecule has 0 aliphatic heterocycles. The maximum atomic E-state index is 6.07. The van der Waals surface area contributed by atoms with Gasteiger partial charge in [0.1, 0.15) is 4.99 Å². The van der Waals surface area contributed by atoms with Crippen molar-refractivity contribution in [3.05, 3.63) is 28.8 Å². The first-order chi connectivity index (χ1) is 8.87. The van der Waals surface area contributed by atoms with Crippen LogP contribution < -0.4 is 11.1 Å². The summed E-state index contributed by atoms with van der Waals surface area (Å²) in [7, 11) is 0. The van der Waals surface area contributed by atoms with Crippen molar-refractivity contribution in [3.8, 4) is 0 Å². The fourth-order valence-electron chi connectivity index (χ4n) is 2.89. The highest BCUT2D eigenvalue weighted by Gasteiger charge is 2.28. The van der Waals surface area contributed by atoms with Crippen LogP contribution in [0.3, 0.4) is 0 Å². The van der Waals surface area contributed by atoms with Gasteiger partial charge in [-0.25, -0.2) is 0 Å². The lowest BCUT2D eigenvalue weighted by molar-refractivity contribution is 0.229. The summed E-state index contributed by atoms with van der Waals surface area (Å²) in [5.74, 6) is 0. The van der Waals surface area contributed by atoms with Gasteiger partial charge in [0.2, 0.25) is 0 Å². The summed E-state index contributed by atoms with van der Waals surface area (Å²) in [4.78, 5) is 0.411. The highest BCUT2D eigenvalue weighted by molar-refractivity contribution is 7.80. The molecule has 1 saturated carbocycles. The third-order valence-corrected chi connectivity index (χ3v) is 4.27. The number of hydrogen-bond acceptors (Lipinski definition) is 2. The van der Waals surface area contributed by atoms with E-state index >= 15 is 0 Å². The van der Waals surface area contributed by atoms with Gasteiger partial charge in [-0.1, -0.05) is 44.1 Å². The summed E-state index contributed by atoms with van der Waals surface area (Å²) in [6.45, 7) is 4.65. The Morgan fingerprint density at radius 3 is 2.84 bits per heavy atom. The van der Waals surface area contributed by atoms with E-state index in [1.54, 1.807) is 0 Å². The second kappa shape index (κ2) is 5.68. The molecule has 19 heavy (non-hydrogen) atoms. The highest BCUT2D eigenvalue weighted by Crippen LogP contribution is 2.37. The zero-order valence-electron chi connectivity index (χ0n) is 11.5. The van der Waals surface area contributed by atoms with Crippen LogP contribution in [0.15, 0.2) is 18.2 Å². The second-order valence-corrected chi connectivity index (χ2v) is 7.03. The van der Waals surface area contributed by atoms with Gasteiger partial charge >= 0.3 is 0 Å². The van der Waals surface area contributed by atoms with Crippen LogP contribution in [-0.4, -0.2) is 11.0 Å². The van der Waals surface area contributed by atoms with Gasteiger partial charge in [-0.05, 0) is 42.9 Å². The molecule has 1 atom stereocenters. The maximum Gasteiger partial charge on any atom is 0.106 e. The van der Waals surface area contributed by atoms with Gasteiger partial charge in [0.05, 0.1) is 0 Å². The number of halogens is 1. The molecule has 1 aromatic carbocycles. The Bertz CT molecular complexity index is 485. The van der Waals surface area contributed by atoms with Crippen molar-refractivity contribution in [2.24, 2.45) is 11.1 Å². The van der Waals surface area contributed by atoms with Crippen LogP contribution in [-0.2, 0) is 0 Å². The number of benzene rings is 1. The predicted octanol–water partition coefficient (Wildman–Crippen LogP) is 4.35. The highest BCUT2D eigenvalue weighted by atomic mass is 35.5. The van der Waals surface area contributed by atoms with Crippen LogP contribution in [0, 0.1) is 5.41 Å². The monoisotopic (exact) mass is 296 g/mol. The minimum absolute atomic E-state index is 0.401. The van der Waals surface area contributed by atoms with Crippen molar-refractivity contribution in [2.75, 3.05) is 5.32 Å². The standard InChI is InChI=1S/C15H21ClN2S/c1-15(2)7-3-4-11(9-15)18-13-8-10(16)5-6-12(13)14(17)19/h5-6,8,11,18H,3-4,7,9H2,1-2H3,(H2,17,19). The zero-order chi connectivity index (χ0) is 14.0. The van der Waals surface area contributed by atoms with E-state index < -0.39 is 0 Å². The topological polar surface area (TPSA) is 38.0 Å². The SMILES string of the molecule is CC1(C)CCCC(Nc2cc(Cl)ccc2C(N)=S)C1. The van der Waals surface area contributed by atoms with Crippen LogP contribution >= 0.6 is 23.8 Å². The predicted molar refractivity (Wildman–Crippen MR) is 87.0 cm³/mol. The molecule has 0 bridgehead atoms. The smallest absolute Gasteiger partial charge is 0.106 e. The van der Waals surface area contributed by atoms with Gasteiger partial charge < -0.3 is 11.1 Å². The molecule has 1 aromatic rings. The van der Waals surface area contributed by atoms with E-state index in [0.717, 1.165) is 17.7 Å². The number of rotatable bonds is 3. The van der Waals surface area contributed by atoms with Crippen molar-refractivity contribution >= 4 is 34.5 Å². The van der Waals surface area contributed by atoms with Crippen molar-refractivity contribution in [2.45, 2.75) is 45.6 Å². The molecule has 104 valence electrons. The molecule has 0 heterocycles. The number of hydrogen-bond donors (Lipinski definition) is 2. The normalized spacial score (nSPS) is 21.9. The van der Waals surface area contributed by atoms with Gasteiger partial charge in [-0.3, -0.25) is 0 Å². The molecule has 1 fully saturated rings. The lowest BCUT2D eigenvalue weighted by Gasteiger charge is -2.36. The number of anilines is 1. The van der Waals surface area contributed by atoms with Gasteiger partial charge in [-0.15, -0.1) is 0 Å². The van der Waals surface area contributed by atoms with E-state index in [1.165, 1.54) is 19.3 Å². The molecule has 0 radical (unpaired) electrons. The van der Waals surface area contributed by atoms with Crippen molar-refractivity contribution in [1.82, 2.24) is 0 Å². The van der Waals surface area contributed by atoms with Crippen LogP contribution in [0.25, 0.3) is 0 Å². The van der Waals surface area contributed by atoms with E-state index in [2.05, 4.69) is 19.2 Å². The summed E-state index contributed by atoms with van der Waals surface area (Å²) in [5, 5.41) is 4.28.